The molecule has 28 heavy (non-hydrogen) atoms. The highest BCUT2D eigenvalue weighted by Gasteiger charge is 2.25. The summed E-state index contributed by atoms with van der Waals surface area (Å²) in [7, 11) is -3.56. The van der Waals surface area contributed by atoms with Gasteiger partial charge in [-0.15, -0.1) is 0 Å². The Kier molecular flexibility index (Phi) is 6.86. The third-order valence-corrected chi connectivity index (χ3v) is 6.98. The van der Waals surface area contributed by atoms with Gasteiger partial charge in [-0.05, 0) is 49.9 Å². The first-order valence-corrected chi connectivity index (χ1v) is 11.3. The third-order valence-electron chi connectivity index (χ3n) is 5.08. The van der Waals surface area contributed by atoms with Gasteiger partial charge in [0, 0.05) is 25.2 Å². The number of rotatable bonds is 6. The van der Waals surface area contributed by atoms with Gasteiger partial charge in [0.05, 0.1) is 4.90 Å². The van der Waals surface area contributed by atoms with Crippen LogP contribution in [0.5, 0.6) is 0 Å². The Bertz CT molecular complexity index is 917. The average Bonchev–Trinajstić information content (AvgIpc) is 2.98. The van der Waals surface area contributed by atoms with Crippen molar-refractivity contribution < 1.29 is 13.2 Å². The topological polar surface area (TPSA) is 66.5 Å². The zero-order valence-electron chi connectivity index (χ0n) is 16.4. The van der Waals surface area contributed by atoms with Gasteiger partial charge in [-0.3, -0.25) is 4.79 Å². The molecule has 0 saturated carbocycles. The zero-order chi connectivity index (χ0) is 20.0. The van der Waals surface area contributed by atoms with Crippen LogP contribution in [0.3, 0.4) is 0 Å². The lowest BCUT2D eigenvalue weighted by atomic mass is 10.1. The molecule has 1 aliphatic heterocycles. The van der Waals surface area contributed by atoms with E-state index in [9.17, 15) is 13.2 Å². The van der Waals surface area contributed by atoms with E-state index in [2.05, 4.69) is 11.4 Å². The standard InChI is InChI=1S/C22H28N2O3S/c1-18-8-6-9-19(16-18)12-13-23-22(25)20-10-7-11-21(17-20)28(26,27)24-14-4-2-3-5-15-24/h6-11,16-17H,2-5,12-15H2,1H3,(H,23,25). The van der Waals surface area contributed by atoms with Crippen molar-refractivity contribution in [2.45, 2.75) is 43.9 Å². The van der Waals surface area contributed by atoms with E-state index in [0.717, 1.165) is 37.7 Å². The van der Waals surface area contributed by atoms with Gasteiger partial charge < -0.3 is 5.32 Å². The normalized spacial score (nSPS) is 15.8. The van der Waals surface area contributed by atoms with Crippen molar-refractivity contribution in [3.8, 4) is 0 Å². The van der Waals surface area contributed by atoms with Gasteiger partial charge in [0.15, 0.2) is 0 Å². The maximum absolute atomic E-state index is 12.9. The predicted molar refractivity (Wildman–Crippen MR) is 111 cm³/mol. The number of aryl methyl sites for hydroxylation is 1. The fourth-order valence-corrected chi connectivity index (χ4v) is 5.08. The largest absolute Gasteiger partial charge is 0.352 e. The van der Waals surface area contributed by atoms with Crippen LogP contribution in [0.1, 0.15) is 47.2 Å². The maximum atomic E-state index is 12.9. The molecular formula is C22H28N2O3S. The summed E-state index contributed by atoms with van der Waals surface area (Å²) in [4.78, 5) is 12.7. The van der Waals surface area contributed by atoms with Crippen molar-refractivity contribution in [3.63, 3.8) is 0 Å². The predicted octanol–water partition coefficient (Wildman–Crippen LogP) is 3.53. The number of amides is 1. The lowest BCUT2D eigenvalue weighted by molar-refractivity contribution is 0.0954. The summed E-state index contributed by atoms with van der Waals surface area (Å²) in [5, 5.41) is 2.89. The van der Waals surface area contributed by atoms with Crippen LogP contribution < -0.4 is 5.32 Å². The van der Waals surface area contributed by atoms with Crippen LogP contribution in [0.25, 0.3) is 0 Å². The molecule has 0 aliphatic carbocycles. The molecule has 0 bridgehead atoms. The SMILES string of the molecule is Cc1cccc(CCNC(=O)c2cccc(S(=O)(=O)N3CCCCCC3)c2)c1. The molecular weight excluding hydrogens is 372 g/mol. The summed E-state index contributed by atoms with van der Waals surface area (Å²) < 4.78 is 27.4. The number of hydrogen-bond donors (Lipinski definition) is 1. The third kappa shape index (κ3) is 5.20. The number of benzene rings is 2. The monoisotopic (exact) mass is 400 g/mol. The molecule has 1 N–H and O–H groups in total. The molecule has 2 aromatic carbocycles. The number of hydrogen-bond acceptors (Lipinski definition) is 3. The van der Waals surface area contributed by atoms with Crippen molar-refractivity contribution in [1.82, 2.24) is 9.62 Å². The van der Waals surface area contributed by atoms with Crippen LogP contribution in [-0.4, -0.2) is 38.3 Å². The first-order chi connectivity index (χ1) is 13.5. The fraction of sp³-hybridized carbons (Fsp3) is 0.409. The molecule has 0 spiro atoms. The number of nitrogens with one attached hydrogen (secondary N) is 1. The maximum Gasteiger partial charge on any atom is 0.251 e. The van der Waals surface area contributed by atoms with Gasteiger partial charge in [0.1, 0.15) is 0 Å². The molecule has 150 valence electrons. The van der Waals surface area contributed by atoms with Crippen LogP contribution >= 0.6 is 0 Å². The minimum atomic E-state index is -3.56. The molecule has 1 saturated heterocycles. The van der Waals surface area contributed by atoms with Gasteiger partial charge in [0.25, 0.3) is 5.91 Å². The zero-order valence-corrected chi connectivity index (χ0v) is 17.2. The van der Waals surface area contributed by atoms with Crippen molar-refractivity contribution in [2.24, 2.45) is 0 Å². The van der Waals surface area contributed by atoms with E-state index in [0.29, 0.717) is 25.2 Å². The molecule has 0 unspecified atom stereocenters. The molecule has 1 heterocycles. The Morgan fingerprint density at radius 2 is 1.71 bits per heavy atom. The summed E-state index contributed by atoms with van der Waals surface area (Å²) in [6.45, 7) is 3.65. The second-order valence-corrected chi connectivity index (χ2v) is 9.28. The number of nitrogens with zero attached hydrogens (tertiary/aromatic N) is 1. The Morgan fingerprint density at radius 3 is 2.43 bits per heavy atom. The molecule has 1 fully saturated rings. The Balaban J connectivity index is 1.65. The van der Waals surface area contributed by atoms with E-state index in [1.54, 1.807) is 22.5 Å². The van der Waals surface area contributed by atoms with Crippen molar-refractivity contribution in [1.29, 1.82) is 0 Å². The summed E-state index contributed by atoms with van der Waals surface area (Å²) in [6.07, 6.45) is 4.64. The summed E-state index contributed by atoms with van der Waals surface area (Å²) in [5.41, 5.74) is 2.73. The van der Waals surface area contributed by atoms with E-state index in [1.807, 2.05) is 25.1 Å². The second-order valence-electron chi connectivity index (χ2n) is 7.34. The van der Waals surface area contributed by atoms with Gasteiger partial charge in [-0.25, -0.2) is 8.42 Å². The van der Waals surface area contributed by atoms with Crippen LogP contribution in [0.2, 0.25) is 0 Å². The molecule has 0 atom stereocenters. The van der Waals surface area contributed by atoms with E-state index < -0.39 is 10.0 Å². The summed E-state index contributed by atoms with van der Waals surface area (Å²) >= 11 is 0. The van der Waals surface area contributed by atoms with Crippen LogP contribution in [0, 0.1) is 6.92 Å². The lowest BCUT2D eigenvalue weighted by Gasteiger charge is -2.20. The van der Waals surface area contributed by atoms with E-state index >= 15 is 0 Å². The summed E-state index contributed by atoms with van der Waals surface area (Å²) in [5.74, 6) is -0.249. The Labute approximate surface area is 167 Å². The molecule has 0 radical (unpaired) electrons. The lowest BCUT2D eigenvalue weighted by Crippen LogP contribution is -2.32. The van der Waals surface area contributed by atoms with Crippen LogP contribution in [0.4, 0.5) is 0 Å². The first kappa shape index (κ1) is 20.6. The fourth-order valence-electron chi connectivity index (χ4n) is 3.52. The Hall–Kier alpha value is -2.18. The van der Waals surface area contributed by atoms with Crippen molar-refractivity contribution in [2.75, 3.05) is 19.6 Å². The summed E-state index contributed by atoms with van der Waals surface area (Å²) in [6, 6.07) is 14.5. The Morgan fingerprint density at radius 1 is 1.00 bits per heavy atom. The molecule has 2 aromatic rings. The molecule has 6 heteroatoms. The second kappa shape index (κ2) is 9.34. The molecule has 1 aliphatic rings. The van der Waals surface area contributed by atoms with Crippen LogP contribution in [0.15, 0.2) is 53.4 Å². The number of sulfonamides is 1. The molecule has 3 rings (SSSR count). The van der Waals surface area contributed by atoms with Gasteiger partial charge >= 0.3 is 0 Å². The molecule has 0 aromatic heterocycles. The molecule has 5 nitrogen and oxygen atoms in total. The van der Waals surface area contributed by atoms with E-state index in [1.165, 1.54) is 11.6 Å². The number of carbonyl (C=O) groups excluding carboxylic acids is 1. The van der Waals surface area contributed by atoms with E-state index in [-0.39, 0.29) is 10.8 Å². The van der Waals surface area contributed by atoms with Crippen LogP contribution in [-0.2, 0) is 16.4 Å². The smallest absolute Gasteiger partial charge is 0.251 e. The highest BCUT2D eigenvalue weighted by atomic mass is 32.2. The minimum Gasteiger partial charge on any atom is -0.352 e. The van der Waals surface area contributed by atoms with Crippen molar-refractivity contribution in [3.05, 3.63) is 65.2 Å². The van der Waals surface area contributed by atoms with Crippen molar-refractivity contribution >= 4 is 15.9 Å². The van der Waals surface area contributed by atoms with Gasteiger partial charge in [0.2, 0.25) is 10.0 Å². The minimum absolute atomic E-state index is 0.195. The average molecular weight is 401 g/mol. The van der Waals surface area contributed by atoms with E-state index in [4.69, 9.17) is 0 Å². The molecule has 1 amide bonds. The number of carbonyl (C=O) groups is 1. The highest BCUT2D eigenvalue weighted by Crippen LogP contribution is 2.21. The highest BCUT2D eigenvalue weighted by molar-refractivity contribution is 7.89. The van der Waals surface area contributed by atoms with Gasteiger partial charge in [-0.2, -0.15) is 4.31 Å². The quantitative estimate of drug-likeness (QED) is 0.807. The van der Waals surface area contributed by atoms with Gasteiger partial charge in [-0.1, -0.05) is 48.7 Å². The first-order valence-electron chi connectivity index (χ1n) is 9.91.